The van der Waals surface area contributed by atoms with Gasteiger partial charge in [0.2, 0.25) is 0 Å². The van der Waals surface area contributed by atoms with E-state index in [0.717, 1.165) is 16.6 Å². The Balaban J connectivity index is 0.000000405. The van der Waals surface area contributed by atoms with E-state index in [4.69, 9.17) is 14.6 Å². The maximum atomic E-state index is 12.9. The first-order chi connectivity index (χ1) is 17.4. The van der Waals surface area contributed by atoms with E-state index in [-0.39, 0.29) is 30.7 Å². The first-order valence-electron chi connectivity index (χ1n) is 11.3. The predicted molar refractivity (Wildman–Crippen MR) is 126 cm³/mol. The van der Waals surface area contributed by atoms with Crippen molar-refractivity contribution >= 4 is 32.6 Å². The van der Waals surface area contributed by atoms with Crippen LogP contribution in [-0.2, 0) is 26.0 Å². The van der Waals surface area contributed by atoms with Crippen molar-refractivity contribution in [2.24, 2.45) is 5.92 Å². The van der Waals surface area contributed by atoms with E-state index in [1.165, 1.54) is 0 Å². The van der Waals surface area contributed by atoms with Crippen LogP contribution in [0.2, 0.25) is 0 Å². The maximum absolute atomic E-state index is 12.9. The molecule has 3 aromatic rings. The van der Waals surface area contributed by atoms with Gasteiger partial charge < -0.3 is 19.7 Å². The standard InChI is InChI=1S/C22H23N3O4S.C2HF3O2/c26-21(20-11-16-5-1-2-7-19(16)24-20)25-14-22(15-25)17(8-10-30(22,27)28)12-29-13-18-6-3-4-9-23-18;3-2(4,5)1(6)7/h1-7,9,11,17,24H,8,10,12-15H2;(H,6,7). The number of nitrogens with zero attached hydrogens (tertiary/aromatic N) is 2. The van der Waals surface area contributed by atoms with Crippen molar-refractivity contribution in [3.63, 3.8) is 0 Å². The zero-order valence-corrected chi connectivity index (χ0v) is 20.3. The van der Waals surface area contributed by atoms with E-state index >= 15 is 0 Å². The summed E-state index contributed by atoms with van der Waals surface area (Å²) in [5, 5.41) is 8.09. The number of carbonyl (C=O) groups excluding carboxylic acids is 1. The number of aliphatic carboxylic acids is 1. The SMILES string of the molecule is O=C(O)C(F)(F)F.O=C(c1cc2ccccc2[nH]1)N1CC2(C1)C(COCc1ccccn1)CCS2(=O)=O. The second-order valence-corrected chi connectivity index (χ2v) is 11.4. The molecule has 1 aromatic carbocycles. The number of ether oxygens (including phenoxy) is 1. The molecule has 1 unspecified atom stereocenters. The predicted octanol–water partition coefficient (Wildman–Crippen LogP) is 3.04. The quantitative estimate of drug-likeness (QED) is 0.510. The van der Waals surface area contributed by atoms with Crippen molar-refractivity contribution < 1.29 is 41.0 Å². The van der Waals surface area contributed by atoms with Gasteiger partial charge in [-0.2, -0.15) is 13.2 Å². The third-order valence-corrected chi connectivity index (χ3v) is 9.20. The average Bonchev–Trinajstić information content (AvgIpc) is 3.36. The van der Waals surface area contributed by atoms with Crippen LogP contribution in [0.5, 0.6) is 0 Å². The normalized spacial score (nSPS) is 19.8. The first-order valence-corrected chi connectivity index (χ1v) is 13.0. The zero-order chi connectivity index (χ0) is 26.8. The Kier molecular flexibility index (Phi) is 7.29. The molecule has 13 heteroatoms. The molecular weight excluding hydrogens is 515 g/mol. The number of aromatic amines is 1. The van der Waals surface area contributed by atoms with Gasteiger partial charge in [0.25, 0.3) is 5.91 Å². The van der Waals surface area contributed by atoms with Gasteiger partial charge in [-0.25, -0.2) is 13.2 Å². The van der Waals surface area contributed by atoms with Crippen LogP contribution >= 0.6 is 0 Å². The fraction of sp³-hybridized carbons (Fsp3) is 0.375. The number of carboxylic acid groups (broad SMARTS) is 1. The fourth-order valence-corrected chi connectivity index (χ4v) is 7.00. The molecule has 1 atom stereocenters. The second-order valence-electron chi connectivity index (χ2n) is 8.94. The number of carbonyl (C=O) groups is 2. The van der Waals surface area contributed by atoms with E-state index in [1.54, 1.807) is 11.1 Å². The third kappa shape index (κ3) is 5.47. The minimum atomic E-state index is -5.08. The Morgan fingerprint density at radius 3 is 2.46 bits per heavy atom. The minimum Gasteiger partial charge on any atom is -0.475 e. The van der Waals surface area contributed by atoms with E-state index in [1.807, 2.05) is 48.5 Å². The number of pyridine rings is 1. The van der Waals surface area contributed by atoms with Crippen molar-refractivity contribution in [1.29, 1.82) is 0 Å². The number of para-hydroxylation sites is 1. The van der Waals surface area contributed by atoms with Crippen LogP contribution in [0, 0.1) is 5.92 Å². The van der Waals surface area contributed by atoms with Crippen molar-refractivity contribution in [1.82, 2.24) is 14.9 Å². The molecule has 0 aliphatic carbocycles. The number of likely N-dealkylation sites (tertiary alicyclic amines) is 1. The van der Waals surface area contributed by atoms with Crippen LogP contribution in [0.4, 0.5) is 13.2 Å². The Hall–Kier alpha value is -3.45. The number of sulfone groups is 1. The molecule has 0 radical (unpaired) electrons. The molecule has 0 bridgehead atoms. The number of carboxylic acids is 1. The summed E-state index contributed by atoms with van der Waals surface area (Å²) in [7, 11) is -3.27. The number of alkyl halides is 3. The Bertz CT molecular complexity index is 1350. The molecule has 4 heterocycles. The van der Waals surface area contributed by atoms with Crippen LogP contribution < -0.4 is 0 Å². The summed E-state index contributed by atoms with van der Waals surface area (Å²) in [5.41, 5.74) is 2.20. The number of benzene rings is 1. The van der Waals surface area contributed by atoms with Gasteiger partial charge >= 0.3 is 12.1 Å². The van der Waals surface area contributed by atoms with Crippen molar-refractivity contribution in [3.8, 4) is 0 Å². The smallest absolute Gasteiger partial charge is 0.475 e. The van der Waals surface area contributed by atoms with Gasteiger partial charge in [-0.05, 0) is 30.7 Å². The van der Waals surface area contributed by atoms with Crippen LogP contribution in [0.15, 0.2) is 54.7 Å². The number of hydrogen-bond donors (Lipinski definition) is 2. The maximum Gasteiger partial charge on any atom is 0.490 e. The lowest BCUT2D eigenvalue weighted by Crippen LogP contribution is -2.68. The van der Waals surface area contributed by atoms with E-state index in [2.05, 4.69) is 9.97 Å². The fourth-order valence-electron chi connectivity index (χ4n) is 4.60. The molecule has 2 aliphatic rings. The van der Waals surface area contributed by atoms with Gasteiger partial charge in [-0.15, -0.1) is 0 Å². The first kappa shape index (κ1) is 26.6. The van der Waals surface area contributed by atoms with Crippen LogP contribution in [0.25, 0.3) is 10.9 Å². The molecule has 2 aliphatic heterocycles. The molecule has 37 heavy (non-hydrogen) atoms. The summed E-state index contributed by atoms with van der Waals surface area (Å²) >= 11 is 0. The number of amides is 1. The number of rotatable bonds is 5. The number of aromatic nitrogens is 2. The van der Waals surface area contributed by atoms with Gasteiger partial charge in [0.1, 0.15) is 10.4 Å². The summed E-state index contributed by atoms with van der Waals surface area (Å²) in [5.74, 6) is -2.88. The monoisotopic (exact) mass is 539 g/mol. The largest absolute Gasteiger partial charge is 0.490 e. The van der Waals surface area contributed by atoms with Crippen LogP contribution in [0.3, 0.4) is 0 Å². The van der Waals surface area contributed by atoms with E-state index in [9.17, 15) is 26.4 Å². The molecule has 2 fully saturated rings. The van der Waals surface area contributed by atoms with Gasteiger partial charge in [-0.1, -0.05) is 24.3 Å². The number of nitrogens with one attached hydrogen (secondary N) is 1. The van der Waals surface area contributed by atoms with Crippen molar-refractivity contribution in [2.45, 2.75) is 24.0 Å². The Morgan fingerprint density at radius 1 is 1.16 bits per heavy atom. The number of hydrogen-bond acceptors (Lipinski definition) is 6. The second kappa shape index (κ2) is 10.1. The molecule has 1 spiro atoms. The molecule has 2 aromatic heterocycles. The molecule has 1 amide bonds. The van der Waals surface area contributed by atoms with Crippen molar-refractivity contribution in [2.75, 3.05) is 25.4 Å². The lowest BCUT2D eigenvalue weighted by molar-refractivity contribution is -0.192. The number of H-pyrrole nitrogens is 1. The average molecular weight is 540 g/mol. The topological polar surface area (TPSA) is 130 Å². The Morgan fingerprint density at radius 2 is 1.84 bits per heavy atom. The third-order valence-electron chi connectivity index (χ3n) is 6.60. The number of halogens is 3. The highest BCUT2D eigenvalue weighted by Gasteiger charge is 2.62. The highest BCUT2D eigenvalue weighted by atomic mass is 32.2. The molecule has 198 valence electrons. The summed E-state index contributed by atoms with van der Waals surface area (Å²) in [6.07, 6.45) is -2.81. The van der Waals surface area contributed by atoms with Gasteiger partial charge in [-0.3, -0.25) is 9.78 Å². The summed E-state index contributed by atoms with van der Waals surface area (Å²) in [6, 6.07) is 15.1. The lowest BCUT2D eigenvalue weighted by Gasteiger charge is -2.49. The Labute approximate surface area is 210 Å². The highest BCUT2D eigenvalue weighted by Crippen LogP contribution is 2.45. The summed E-state index contributed by atoms with van der Waals surface area (Å²) < 4.78 is 62.3. The molecular formula is C24H24F3N3O6S. The van der Waals surface area contributed by atoms with Gasteiger partial charge in [0.05, 0.1) is 24.7 Å². The number of fused-ring (bicyclic) bond motifs is 1. The van der Waals surface area contributed by atoms with E-state index < -0.39 is 26.7 Å². The zero-order valence-electron chi connectivity index (χ0n) is 19.4. The van der Waals surface area contributed by atoms with Crippen LogP contribution in [0.1, 0.15) is 22.6 Å². The molecule has 5 rings (SSSR count). The molecule has 9 nitrogen and oxygen atoms in total. The van der Waals surface area contributed by atoms with Gasteiger partial charge in [0, 0.05) is 36.1 Å². The van der Waals surface area contributed by atoms with Crippen LogP contribution in [-0.4, -0.2) is 76.6 Å². The van der Waals surface area contributed by atoms with Crippen molar-refractivity contribution in [3.05, 3.63) is 66.1 Å². The minimum absolute atomic E-state index is 0.113. The summed E-state index contributed by atoms with van der Waals surface area (Å²) in [4.78, 5) is 30.8. The molecule has 2 saturated heterocycles. The molecule has 2 N–H and O–H groups in total. The summed E-state index contributed by atoms with van der Waals surface area (Å²) in [6.45, 7) is 1.15. The van der Waals surface area contributed by atoms with E-state index in [0.29, 0.717) is 25.3 Å². The lowest BCUT2D eigenvalue weighted by atomic mass is 9.83. The van der Waals surface area contributed by atoms with Gasteiger partial charge in [0.15, 0.2) is 9.84 Å². The highest BCUT2D eigenvalue weighted by molar-refractivity contribution is 7.93. The molecule has 0 saturated carbocycles.